The molecule has 0 aromatic rings. The Bertz CT molecular complexity index is 196. The van der Waals surface area contributed by atoms with E-state index in [1.165, 1.54) is 57.8 Å². The first-order valence-corrected chi connectivity index (χ1v) is 7.57. The van der Waals surface area contributed by atoms with Crippen LogP contribution in [0.3, 0.4) is 0 Å². The fourth-order valence-corrected chi connectivity index (χ4v) is 3.85. The van der Waals surface area contributed by atoms with E-state index in [4.69, 9.17) is 0 Å². The van der Waals surface area contributed by atoms with Gasteiger partial charge < -0.3 is 5.32 Å². The van der Waals surface area contributed by atoms with Crippen LogP contribution in [-0.2, 0) is 0 Å². The Kier molecular flexibility index (Phi) is 4.69. The Morgan fingerprint density at radius 3 is 2.44 bits per heavy atom. The zero-order valence-corrected chi connectivity index (χ0v) is 11.2. The van der Waals surface area contributed by atoms with Gasteiger partial charge in [-0.05, 0) is 44.4 Å². The smallest absolute Gasteiger partial charge is 0.00978 e. The first-order chi connectivity index (χ1) is 7.81. The van der Waals surface area contributed by atoms with Crippen molar-refractivity contribution in [1.29, 1.82) is 0 Å². The third-order valence-corrected chi connectivity index (χ3v) is 5.02. The van der Waals surface area contributed by atoms with E-state index < -0.39 is 0 Å². The van der Waals surface area contributed by atoms with Gasteiger partial charge in [-0.15, -0.1) is 0 Å². The topological polar surface area (TPSA) is 12.0 Å². The Balaban J connectivity index is 1.78. The molecule has 1 nitrogen and oxygen atoms in total. The van der Waals surface area contributed by atoms with E-state index in [0.717, 1.165) is 23.9 Å². The highest BCUT2D eigenvalue weighted by Crippen LogP contribution is 2.31. The van der Waals surface area contributed by atoms with E-state index in [0.29, 0.717) is 0 Å². The molecule has 2 saturated carbocycles. The highest BCUT2D eigenvalue weighted by molar-refractivity contribution is 4.86. The van der Waals surface area contributed by atoms with Crippen LogP contribution in [0.4, 0.5) is 0 Å². The summed E-state index contributed by atoms with van der Waals surface area (Å²) in [6.07, 6.45) is 13.1. The maximum Gasteiger partial charge on any atom is 0.00978 e. The molecule has 2 aliphatic rings. The molecule has 1 N–H and O–H groups in total. The van der Waals surface area contributed by atoms with Crippen LogP contribution >= 0.6 is 0 Å². The minimum Gasteiger partial charge on any atom is -0.311 e. The molecule has 0 radical (unpaired) electrons. The monoisotopic (exact) mass is 223 g/mol. The van der Waals surface area contributed by atoms with Gasteiger partial charge in [-0.3, -0.25) is 0 Å². The Hall–Kier alpha value is -0.0400. The normalized spacial score (nSPS) is 34.1. The molecule has 2 rings (SSSR count). The SMILES string of the molecule is CCC1CCCC1N[C@@H](C)C1CCCCC1. The highest BCUT2D eigenvalue weighted by atomic mass is 15.0. The summed E-state index contributed by atoms with van der Waals surface area (Å²) in [5.74, 6) is 1.93. The van der Waals surface area contributed by atoms with Crippen molar-refractivity contribution in [2.75, 3.05) is 0 Å². The lowest BCUT2D eigenvalue weighted by Gasteiger charge is -2.32. The zero-order valence-electron chi connectivity index (χ0n) is 11.2. The predicted molar refractivity (Wildman–Crippen MR) is 70.6 cm³/mol. The summed E-state index contributed by atoms with van der Waals surface area (Å²) in [6, 6.07) is 1.60. The zero-order chi connectivity index (χ0) is 11.4. The van der Waals surface area contributed by atoms with E-state index in [-0.39, 0.29) is 0 Å². The number of hydrogen-bond donors (Lipinski definition) is 1. The summed E-state index contributed by atoms with van der Waals surface area (Å²) in [5.41, 5.74) is 0. The van der Waals surface area contributed by atoms with E-state index in [9.17, 15) is 0 Å². The fraction of sp³-hybridized carbons (Fsp3) is 1.00. The predicted octanol–water partition coefficient (Wildman–Crippen LogP) is 4.12. The van der Waals surface area contributed by atoms with Gasteiger partial charge in [-0.1, -0.05) is 39.0 Å². The Labute approximate surface area is 101 Å². The van der Waals surface area contributed by atoms with Crippen LogP contribution in [0.5, 0.6) is 0 Å². The summed E-state index contributed by atoms with van der Waals surface area (Å²) in [7, 11) is 0. The number of rotatable bonds is 4. The third kappa shape index (κ3) is 3.00. The van der Waals surface area contributed by atoms with Gasteiger partial charge in [-0.25, -0.2) is 0 Å². The van der Waals surface area contributed by atoms with Crippen molar-refractivity contribution in [3.63, 3.8) is 0 Å². The number of hydrogen-bond acceptors (Lipinski definition) is 1. The first-order valence-electron chi connectivity index (χ1n) is 7.57. The average Bonchev–Trinajstić information content (AvgIpc) is 2.77. The van der Waals surface area contributed by atoms with Gasteiger partial charge in [0.25, 0.3) is 0 Å². The molecule has 0 amide bonds. The second-order valence-corrected chi connectivity index (χ2v) is 6.06. The maximum absolute atomic E-state index is 3.95. The molecular weight excluding hydrogens is 194 g/mol. The molecular formula is C15H29N. The van der Waals surface area contributed by atoms with Crippen LogP contribution in [0, 0.1) is 11.8 Å². The minimum atomic E-state index is 0.762. The third-order valence-electron chi connectivity index (χ3n) is 5.02. The van der Waals surface area contributed by atoms with Crippen LogP contribution in [0.25, 0.3) is 0 Å². The van der Waals surface area contributed by atoms with Crippen LogP contribution in [0.2, 0.25) is 0 Å². The van der Waals surface area contributed by atoms with Crippen molar-refractivity contribution in [2.24, 2.45) is 11.8 Å². The van der Waals surface area contributed by atoms with Crippen LogP contribution in [0.15, 0.2) is 0 Å². The molecule has 0 heterocycles. The van der Waals surface area contributed by atoms with Gasteiger partial charge >= 0.3 is 0 Å². The second kappa shape index (κ2) is 6.05. The molecule has 94 valence electrons. The van der Waals surface area contributed by atoms with Gasteiger partial charge in [-0.2, -0.15) is 0 Å². The van der Waals surface area contributed by atoms with Crippen molar-refractivity contribution in [1.82, 2.24) is 5.32 Å². The molecule has 0 spiro atoms. The molecule has 0 aromatic carbocycles. The molecule has 16 heavy (non-hydrogen) atoms. The van der Waals surface area contributed by atoms with Gasteiger partial charge in [0.15, 0.2) is 0 Å². The van der Waals surface area contributed by atoms with E-state index >= 15 is 0 Å². The van der Waals surface area contributed by atoms with Crippen LogP contribution in [0.1, 0.15) is 71.6 Å². The lowest BCUT2D eigenvalue weighted by molar-refractivity contribution is 0.245. The van der Waals surface area contributed by atoms with Crippen molar-refractivity contribution in [3.05, 3.63) is 0 Å². The van der Waals surface area contributed by atoms with Gasteiger partial charge in [0, 0.05) is 12.1 Å². The fourth-order valence-electron chi connectivity index (χ4n) is 3.85. The maximum atomic E-state index is 3.95. The summed E-state index contributed by atoms with van der Waals surface area (Å²) < 4.78 is 0. The lowest BCUT2D eigenvalue weighted by atomic mass is 9.84. The standard InChI is InChI=1S/C15H29N/c1-3-13-10-7-11-15(13)16-12(2)14-8-5-4-6-9-14/h12-16H,3-11H2,1-2H3/t12-,13?,15?/m0/s1. The van der Waals surface area contributed by atoms with Crippen LogP contribution < -0.4 is 5.32 Å². The molecule has 0 aromatic heterocycles. The Morgan fingerprint density at radius 2 is 1.75 bits per heavy atom. The van der Waals surface area contributed by atoms with E-state index in [2.05, 4.69) is 19.2 Å². The largest absolute Gasteiger partial charge is 0.311 e. The van der Waals surface area contributed by atoms with Crippen molar-refractivity contribution < 1.29 is 0 Å². The van der Waals surface area contributed by atoms with E-state index in [1.807, 2.05) is 0 Å². The van der Waals surface area contributed by atoms with E-state index in [1.54, 1.807) is 0 Å². The molecule has 3 atom stereocenters. The quantitative estimate of drug-likeness (QED) is 0.756. The highest BCUT2D eigenvalue weighted by Gasteiger charge is 2.29. The summed E-state index contributed by atoms with van der Waals surface area (Å²) in [4.78, 5) is 0. The summed E-state index contributed by atoms with van der Waals surface area (Å²) in [6.45, 7) is 4.79. The molecule has 2 unspecified atom stereocenters. The second-order valence-electron chi connectivity index (χ2n) is 6.06. The molecule has 2 fully saturated rings. The molecule has 0 aliphatic heterocycles. The summed E-state index contributed by atoms with van der Waals surface area (Å²) >= 11 is 0. The molecule has 0 bridgehead atoms. The van der Waals surface area contributed by atoms with Gasteiger partial charge in [0.1, 0.15) is 0 Å². The molecule has 0 saturated heterocycles. The van der Waals surface area contributed by atoms with Crippen molar-refractivity contribution in [3.8, 4) is 0 Å². The Morgan fingerprint density at radius 1 is 1.00 bits per heavy atom. The molecule has 1 heteroatoms. The summed E-state index contributed by atoms with van der Waals surface area (Å²) in [5, 5.41) is 3.95. The van der Waals surface area contributed by atoms with Gasteiger partial charge in [0.2, 0.25) is 0 Å². The minimum absolute atomic E-state index is 0.762. The number of nitrogens with one attached hydrogen (secondary N) is 1. The van der Waals surface area contributed by atoms with Gasteiger partial charge in [0.05, 0.1) is 0 Å². The van der Waals surface area contributed by atoms with Crippen molar-refractivity contribution in [2.45, 2.75) is 83.7 Å². The van der Waals surface area contributed by atoms with Crippen molar-refractivity contribution >= 4 is 0 Å². The molecule has 2 aliphatic carbocycles. The lowest BCUT2D eigenvalue weighted by Crippen LogP contribution is -2.43. The first kappa shape index (κ1) is 12.4. The average molecular weight is 223 g/mol. The van der Waals surface area contributed by atoms with Crippen LogP contribution in [-0.4, -0.2) is 12.1 Å².